The summed E-state index contributed by atoms with van der Waals surface area (Å²) in [5.74, 6) is 0.643. The first kappa shape index (κ1) is 25.6. The number of nitrogens with two attached hydrogens (primary N) is 1. The largest absolute Gasteiger partial charge is 0.497 e. The Morgan fingerprint density at radius 1 is 1.33 bits per heavy atom. The van der Waals surface area contributed by atoms with Crippen LogP contribution in [0.5, 0.6) is 5.75 Å². The van der Waals surface area contributed by atoms with Gasteiger partial charge in [-0.2, -0.15) is 0 Å². The van der Waals surface area contributed by atoms with Crippen molar-refractivity contribution in [2.24, 2.45) is 5.73 Å². The highest BCUT2D eigenvalue weighted by atomic mass is 35.5. The van der Waals surface area contributed by atoms with E-state index in [0.717, 1.165) is 29.4 Å². The predicted octanol–water partition coefficient (Wildman–Crippen LogP) is 3.27. The summed E-state index contributed by atoms with van der Waals surface area (Å²) in [7, 11) is 1.66. The average Bonchev–Trinajstić information content (AvgIpc) is 3.14. The predicted molar refractivity (Wildman–Crippen MR) is 115 cm³/mol. The van der Waals surface area contributed by atoms with Crippen LogP contribution in [0.4, 0.5) is 0 Å². The highest BCUT2D eigenvalue weighted by molar-refractivity contribution is 7.09. The van der Waals surface area contributed by atoms with E-state index in [9.17, 15) is 4.79 Å². The van der Waals surface area contributed by atoms with E-state index >= 15 is 0 Å². The third-order valence-electron chi connectivity index (χ3n) is 4.15. The number of likely N-dealkylation sites (N-methyl/N-ethyl adjacent to an activating group) is 1. The molecule has 152 valence electrons. The number of hydrogen-bond donors (Lipinski definition) is 2. The summed E-state index contributed by atoms with van der Waals surface area (Å²) in [5, 5.41) is 5.51. The Bertz CT molecular complexity index is 696. The summed E-state index contributed by atoms with van der Waals surface area (Å²) >= 11 is 1.40. The molecule has 1 aromatic carbocycles. The first-order valence-corrected chi connectivity index (χ1v) is 9.31. The van der Waals surface area contributed by atoms with Gasteiger partial charge in [0, 0.05) is 18.5 Å². The number of nitrogens with one attached hydrogen (secondary N) is 1. The van der Waals surface area contributed by atoms with Gasteiger partial charge in [0.05, 0.1) is 13.2 Å². The number of ether oxygens (including phenoxy) is 1. The summed E-state index contributed by atoms with van der Waals surface area (Å²) in [6.07, 6.45) is 0. The molecule has 0 saturated heterocycles. The minimum atomic E-state index is -0.170. The third-order valence-corrected chi connectivity index (χ3v) is 5.02. The van der Waals surface area contributed by atoms with Crippen LogP contribution in [0.1, 0.15) is 40.9 Å². The van der Waals surface area contributed by atoms with Gasteiger partial charge in [0.1, 0.15) is 16.5 Å². The topological polar surface area (TPSA) is 80.5 Å². The van der Waals surface area contributed by atoms with Gasteiger partial charge in [-0.3, -0.25) is 9.69 Å². The maximum absolute atomic E-state index is 12.4. The van der Waals surface area contributed by atoms with Crippen molar-refractivity contribution < 1.29 is 9.53 Å². The van der Waals surface area contributed by atoms with E-state index in [0.29, 0.717) is 18.8 Å². The second-order valence-electron chi connectivity index (χ2n) is 5.55. The number of benzene rings is 1. The molecule has 0 fully saturated rings. The molecule has 1 aromatic heterocycles. The molecule has 2 rings (SSSR count). The number of halogens is 2. The van der Waals surface area contributed by atoms with Crippen LogP contribution in [-0.2, 0) is 6.54 Å². The molecule has 1 atom stereocenters. The zero-order chi connectivity index (χ0) is 18.2. The van der Waals surface area contributed by atoms with Crippen molar-refractivity contribution in [3.8, 4) is 5.75 Å². The molecule has 9 heteroatoms. The molecule has 0 aliphatic rings. The van der Waals surface area contributed by atoms with Gasteiger partial charge in [-0.15, -0.1) is 36.2 Å². The van der Waals surface area contributed by atoms with Crippen LogP contribution in [0.25, 0.3) is 0 Å². The molecule has 0 aliphatic heterocycles. The van der Waals surface area contributed by atoms with Crippen LogP contribution in [0.15, 0.2) is 29.6 Å². The number of rotatable bonds is 9. The molecule has 0 spiro atoms. The summed E-state index contributed by atoms with van der Waals surface area (Å²) in [4.78, 5) is 18.9. The number of methoxy groups -OCH3 is 1. The Morgan fingerprint density at radius 2 is 2.04 bits per heavy atom. The van der Waals surface area contributed by atoms with Crippen molar-refractivity contribution in [3.05, 3.63) is 45.9 Å². The Kier molecular flexibility index (Phi) is 12.2. The van der Waals surface area contributed by atoms with Crippen LogP contribution in [0.2, 0.25) is 0 Å². The number of thiazole rings is 1. The molecule has 1 amide bonds. The molecule has 0 bridgehead atoms. The summed E-state index contributed by atoms with van der Waals surface area (Å²) in [6.45, 7) is 6.87. The SMILES string of the molecule is CCN(CC)C(CNC(=O)c1csc(CN)n1)c1cccc(OC)c1.Cl.Cl. The highest BCUT2D eigenvalue weighted by Crippen LogP contribution is 2.24. The van der Waals surface area contributed by atoms with Crippen LogP contribution in [0, 0.1) is 0 Å². The van der Waals surface area contributed by atoms with Crippen molar-refractivity contribution in [2.45, 2.75) is 26.4 Å². The lowest BCUT2D eigenvalue weighted by atomic mass is 10.0. The molecule has 3 N–H and O–H groups in total. The fraction of sp³-hybridized carbons (Fsp3) is 0.444. The van der Waals surface area contributed by atoms with E-state index in [4.69, 9.17) is 10.5 Å². The number of carbonyl (C=O) groups excluding carboxylic acids is 1. The van der Waals surface area contributed by atoms with Gasteiger partial charge in [0.15, 0.2) is 0 Å². The van der Waals surface area contributed by atoms with Gasteiger partial charge >= 0.3 is 0 Å². The number of aromatic nitrogens is 1. The molecule has 6 nitrogen and oxygen atoms in total. The Labute approximate surface area is 177 Å². The van der Waals surface area contributed by atoms with E-state index in [1.807, 2.05) is 18.2 Å². The molecule has 1 unspecified atom stereocenters. The third kappa shape index (κ3) is 6.93. The quantitative estimate of drug-likeness (QED) is 0.632. The van der Waals surface area contributed by atoms with Crippen LogP contribution in [0.3, 0.4) is 0 Å². The van der Waals surface area contributed by atoms with Crippen LogP contribution < -0.4 is 15.8 Å². The van der Waals surface area contributed by atoms with Gasteiger partial charge in [0.2, 0.25) is 0 Å². The van der Waals surface area contributed by atoms with Gasteiger partial charge in [-0.1, -0.05) is 26.0 Å². The van der Waals surface area contributed by atoms with Crippen LogP contribution >= 0.6 is 36.2 Å². The molecule has 0 aliphatic carbocycles. The normalized spacial score (nSPS) is 11.3. The van der Waals surface area contributed by atoms with Crippen molar-refractivity contribution in [2.75, 3.05) is 26.7 Å². The smallest absolute Gasteiger partial charge is 0.270 e. The molecule has 0 radical (unpaired) electrons. The lowest BCUT2D eigenvalue weighted by molar-refractivity contribution is 0.0930. The Hall–Kier alpha value is -1.38. The van der Waals surface area contributed by atoms with Crippen LogP contribution in [-0.4, -0.2) is 42.5 Å². The molecule has 1 heterocycles. The first-order chi connectivity index (χ1) is 12.1. The second-order valence-corrected chi connectivity index (χ2v) is 6.50. The monoisotopic (exact) mass is 434 g/mol. The summed E-state index contributed by atoms with van der Waals surface area (Å²) < 4.78 is 5.34. The maximum atomic E-state index is 12.4. The average molecular weight is 435 g/mol. The lowest BCUT2D eigenvalue weighted by Crippen LogP contribution is -2.38. The van der Waals surface area contributed by atoms with E-state index in [1.165, 1.54) is 11.3 Å². The number of nitrogens with zero attached hydrogens (tertiary/aromatic N) is 2. The van der Waals surface area contributed by atoms with Crippen molar-refractivity contribution in [1.82, 2.24) is 15.2 Å². The minimum Gasteiger partial charge on any atom is -0.497 e. The molecule has 2 aromatic rings. The number of carbonyl (C=O) groups is 1. The van der Waals surface area contributed by atoms with E-state index in [2.05, 4.69) is 35.1 Å². The van der Waals surface area contributed by atoms with Crippen molar-refractivity contribution in [3.63, 3.8) is 0 Å². The van der Waals surface area contributed by atoms with E-state index < -0.39 is 0 Å². The standard InChI is InChI=1S/C18H26N4O2S.2ClH/c1-4-22(5-2)16(13-7-6-8-14(9-13)24-3)11-20-18(23)15-12-25-17(10-19)21-15;;/h6-9,12,16H,4-5,10-11,19H2,1-3H3,(H,20,23);2*1H. The molecule has 0 saturated carbocycles. The molecular formula is C18H28Cl2N4O2S. The van der Waals surface area contributed by atoms with Gasteiger partial charge in [-0.05, 0) is 30.8 Å². The highest BCUT2D eigenvalue weighted by Gasteiger charge is 2.20. The lowest BCUT2D eigenvalue weighted by Gasteiger charge is -2.30. The fourth-order valence-electron chi connectivity index (χ4n) is 2.76. The maximum Gasteiger partial charge on any atom is 0.270 e. The number of amides is 1. The Balaban J connectivity index is 0.00000338. The molecular weight excluding hydrogens is 407 g/mol. The Morgan fingerprint density at radius 3 is 2.59 bits per heavy atom. The zero-order valence-electron chi connectivity index (χ0n) is 15.8. The fourth-order valence-corrected chi connectivity index (χ4v) is 3.41. The number of hydrogen-bond acceptors (Lipinski definition) is 6. The van der Waals surface area contributed by atoms with Gasteiger partial charge < -0.3 is 15.8 Å². The minimum absolute atomic E-state index is 0. The molecule has 27 heavy (non-hydrogen) atoms. The first-order valence-electron chi connectivity index (χ1n) is 8.43. The summed E-state index contributed by atoms with van der Waals surface area (Å²) in [5.41, 5.74) is 7.10. The zero-order valence-corrected chi connectivity index (χ0v) is 18.3. The van der Waals surface area contributed by atoms with Gasteiger partial charge in [-0.25, -0.2) is 4.98 Å². The van der Waals surface area contributed by atoms with E-state index in [-0.39, 0.29) is 36.8 Å². The van der Waals surface area contributed by atoms with Gasteiger partial charge in [0.25, 0.3) is 5.91 Å². The van der Waals surface area contributed by atoms with Crippen molar-refractivity contribution in [1.29, 1.82) is 0 Å². The van der Waals surface area contributed by atoms with Crippen molar-refractivity contribution >= 4 is 42.1 Å². The second kappa shape index (κ2) is 12.9. The van der Waals surface area contributed by atoms with E-state index in [1.54, 1.807) is 12.5 Å². The summed E-state index contributed by atoms with van der Waals surface area (Å²) in [6, 6.07) is 8.05.